The highest BCUT2D eigenvalue weighted by Gasteiger charge is 1.99. The van der Waals surface area contributed by atoms with Crippen LogP contribution in [0.1, 0.15) is 5.56 Å². The Balaban J connectivity index is 1.51. The monoisotopic (exact) mass is 336 g/mol. The number of hydrogen-bond donors (Lipinski definition) is 1. The van der Waals surface area contributed by atoms with Gasteiger partial charge in [-0.15, -0.1) is 11.3 Å². The van der Waals surface area contributed by atoms with Gasteiger partial charge in [0.25, 0.3) is 0 Å². The molecule has 0 radical (unpaired) electrons. The first-order chi connectivity index (χ1) is 9.31. The Morgan fingerprint density at radius 3 is 3.16 bits per heavy atom. The van der Waals surface area contributed by atoms with Gasteiger partial charge < -0.3 is 5.32 Å². The number of hydrogen-bond acceptors (Lipinski definition) is 4. The smallest absolute Gasteiger partial charge is 0.0815 e. The van der Waals surface area contributed by atoms with Gasteiger partial charge in [0.2, 0.25) is 0 Å². The fourth-order valence-electron chi connectivity index (χ4n) is 1.90. The van der Waals surface area contributed by atoms with Crippen LogP contribution in [0.5, 0.6) is 0 Å². The van der Waals surface area contributed by atoms with Crippen molar-refractivity contribution in [2.75, 3.05) is 6.54 Å². The van der Waals surface area contributed by atoms with E-state index in [0.29, 0.717) is 0 Å². The third-order valence-corrected chi connectivity index (χ3v) is 4.06. The molecule has 0 saturated heterocycles. The highest BCUT2D eigenvalue weighted by atomic mass is 79.9. The Labute approximate surface area is 123 Å². The van der Waals surface area contributed by atoms with Gasteiger partial charge in [-0.1, -0.05) is 6.07 Å². The zero-order chi connectivity index (χ0) is 13.1. The van der Waals surface area contributed by atoms with E-state index in [4.69, 9.17) is 0 Å². The minimum absolute atomic E-state index is 0.857. The molecule has 0 bridgehead atoms. The van der Waals surface area contributed by atoms with Crippen LogP contribution in [0.25, 0.3) is 10.2 Å². The van der Waals surface area contributed by atoms with Gasteiger partial charge >= 0.3 is 0 Å². The van der Waals surface area contributed by atoms with Crippen molar-refractivity contribution in [2.45, 2.75) is 13.1 Å². The molecule has 0 aliphatic heterocycles. The molecule has 3 aromatic rings. The van der Waals surface area contributed by atoms with E-state index in [-0.39, 0.29) is 0 Å². The molecule has 0 fully saturated rings. The van der Waals surface area contributed by atoms with Crippen LogP contribution in [-0.2, 0) is 13.1 Å². The maximum Gasteiger partial charge on any atom is 0.0815 e. The molecule has 0 unspecified atom stereocenters. The average Bonchev–Trinajstić information content (AvgIpc) is 3.03. The van der Waals surface area contributed by atoms with Crippen molar-refractivity contribution in [3.63, 3.8) is 0 Å². The Kier molecular flexibility index (Phi) is 3.91. The average molecular weight is 337 g/mol. The van der Waals surface area contributed by atoms with E-state index in [2.05, 4.69) is 49.5 Å². The summed E-state index contributed by atoms with van der Waals surface area (Å²) in [4.78, 5) is 4.33. The summed E-state index contributed by atoms with van der Waals surface area (Å²) in [7, 11) is 0. The molecule has 0 saturated carbocycles. The van der Waals surface area contributed by atoms with Crippen molar-refractivity contribution in [2.24, 2.45) is 0 Å². The summed E-state index contributed by atoms with van der Waals surface area (Å²) in [6, 6.07) is 6.43. The van der Waals surface area contributed by atoms with Crippen LogP contribution in [0.15, 0.2) is 40.6 Å². The predicted octanol–water partition coefficient (Wildman–Crippen LogP) is 3.05. The SMILES string of the molecule is Brc1cnn(CCNCc2ccc3scnc3c2)c1. The van der Waals surface area contributed by atoms with Gasteiger partial charge in [-0.05, 0) is 33.6 Å². The van der Waals surface area contributed by atoms with E-state index in [1.807, 2.05) is 16.4 Å². The number of halogens is 1. The van der Waals surface area contributed by atoms with Gasteiger partial charge in [-0.25, -0.2) is 4.98 Å². The zero-order valence-corrected chi connectivity index (χ0v) is 12.6. The molecule has 19 heavy (non-hydrogen) atoms. The van der Waals surface area contributed by atoms with E-state index in [1.54, 1.807) is 17.5 Å². The largest absolute Gasteiger partial charge is 0.311 e. The summed E-state index contributed by atoms with van der Waals surface area (Å²) in [5, 5.41) is 7.63. The number of nitrogens with one attached hydrogen (secondary N) is 1. The van der Waals surface area contributed by atoms with Crippen LogP contribution in [0, 0.1) is 0 Å². The van der Waals surface area contributed by atoms with Crippen molar-refractivity contribution in [3.8, 4) is 0 Å². The van der Waals surface area contributed by atoms with Gasteiger partial charge in [0.15, 0.2) is 0 Å². The van der Waals surface area contributed by atoms with Crippen LogP contribution >= 0.6 is 27.3 Å². The van der Waals surface area contributed by atoms with Crippen molar-refractivity contribution in [1.29, 1.82) is 0 Å². The van der Waals surface area contributed by atoms with Crippen molar-refractivity contribution in [1.82, 2.24) is 20.1 Å². The molecule has 98 valence electrons. The summed E-state index contributed by atoms with van der Waals surface area (Å²) in [6.45, 7) is 2.61. The second-order valence-electron chi connectivity index (χ2n) is 4.25. The van der Waals surface area contributed by atoms with Gasteiger partial charge in [0.05, 0.1) is 32.9 Å². The van der Waals surface area contributed by atoms with E-state index in [9.17, 15) is 0 Å². The van der Waals surface area contributed by atoms with Crippen LogP contribution < -0.4 is 5.32 Å². The van der Waals surface area contributed by atoms with Gasteiger partial charge in [0, 0.05) is 19.3 Å². The molecule has 0 amide bonds. The van der Waals surface area contributed by atoms with Gasteiger partial charge in [0.1, 0.15) is 0 Å². The van der Waals surface area contributed by atoms with E-state index in [0.717, 1.165) is 29.6 Å². The molecule has 1 N–H and O–H groups in total. The Hall–Kier alpha value is -1.24. The lowest BCUT2D eigenvalue weighted by molar-refractivity contribution is 0.555. The van der Waals surface area contributed by atoms with Crippen molar-refractivity contribution >= 4 is 37.5 Å². The lowest BCUT2D eigenvalue weighted by Crippen LogP contribution is -2.19. The Bertz CT molecular complexity index is 676. The lowest BCUT2D eigenvalue weighted by atomic mass is 10.2. The molecule has 0 spiro atoms. The molecule has 0 aliphatic carbocycles. The third-order valence-electron chi connectivity index (χ3n) is 2.84. The standard InChI is InChI=1S/C13H13BrN4S/c14-11-7-17-18(8-11)4-3-15-6-10-1-2-13-12(5-10)16-9-19-13/h1-2,5,7-9,15H,3-4,6H2. The van der Waals surface area contributed by atoms with Gasteiger partial charge in [-0.3, -0.25) is 4.68 Å². The summed E-state index contributed by atoms with van der Waals surface area (Å²) in [5.41, 5.74) is 4.23. The predicted molar refractivity (Wildman–Crippen MR) is 81.3 cm³/mol. The minimum atomic E-state index is 0.857. The van der Waals surface area contributed by atoms with Crippen LogP contribution in [0.4, 0.5) is 0 Å². The molecule has 4 nitrogen and oxygen atoms in total. The van der Waals surface area contributed by atoms with Crippen LogP contribution in [-0.4, -0.2) is 21.3 Å². The van der Waals surface area contributed by atoms with E-state index in [1.165, 1.54) is 10.3 Å². The maximum absolute atomic E-state index is 4.33. The highest BCUT2D eigenvalue weighted by molar-refractivity contribution is 9.10. The minimum Gasteiger partial charge on any atom is -0.311 e. The molecule has 0 aliphatic rings. The summed E-state index contributed by atoms with van der Waals surface area (Å²) >= 11 is 5.06. The second-order valence-corrected chi connectivity index (χ2v) is 6.05. The molecule has 0 atom stereocenters. The molecular formula is C13H13BrN4S. The van der Waals surface area contributed by atoms with Crippen molar-refractivity contribution in [3.05, 3.63) is 46.1 Å². The van der Waals surface area contributed by atoms with Crippen molar-refractivity contribution < 1.29 is 0 Å². The molecular weight excluding hydrogens is 324 g/mol. The number of benzene rings is 1. The summed E-state index contributed by atoms with van der Waals surface area (Å²) in [6.07, 6.45) is 3.78. The first kappa shape index (κ1) is 12.8. The van der Waals surface area contributed by atoms with Crippen LogP contribution in [0.3, 0.4) is 0 Å². The van der Waals surface area contributed by atoms with Crippen LogP contribution in [0.2, 0.25) is 0 Å². The van der Waals surface area contributed by atoms with E-state index >= 15 is 0 Å². The highest BCUT2D eigenvalue weighted by Crippen LogP contribution is 2.18. The Morgan fingerprint density at radius 2 is 2.32 bits per heavy atom. The number of aromatic nitrogens is 3. The topological polar surface area (TPSA) is 42.7 Å². The quantitative estimate of drug-likeness (QED) is 0.728. The van der Waals surface area contributed by atoms with Gasteiger partial charge in [-0.2, -0.15) is 5.10 Å². The fraction of sp³-hybridized carbons (Fsp3) is 0.231. The number of rotatable bonds is 5. The summed E-state index contributed by atoms with van der Waals surface area (Å²) < 4.78 is 4.17. The number of nitrogens with zero attached hydrogens (tertiary/aromatic N) is 3. The molecule has 6 heteroatoms. The number of thiazole rings is 1. The number of fused-ring (bicyclic) bond motifs is 1. The molecule has 1 aromatic carbocycles. The lowest BCUT2D eigenvalue weighted by Gasteiger charge is -2.05. The Morgan fingerprint density at radius 1 is 1.37 bits per heavy atom. The first-order valence-corrected chi connectivity index (χ1v) is 7.69. The third kappa shape index (κ3) is 3.20. The summed E-state index contributed by atoms with van der Waals surface area (Å²) in [5.74, 6) is 0. The fourth-order valence-corrected chi connectivity index (χ4v) is 2.89. The normalized spacial score (nSPS) is 11.2. The second kappa shape index (κ2) is 5.81. The molecule has 3 rings (SSSR count). The molecule has 2 aromatic heterocycles. The first-order valence-electron chi connectivity index (χ1n) is 6.02. The van der Waals surface area contributed by atoms with E-state index < -0.39 is 0 Å². The maximum atomic E-state index is 4.33. The zero-order valence-electron chi connectivity index (χ0n) is 10.2. The molecule has 2 heterocycles.